The predicted molar refractivity (Wildman–Crippen MR) is 130 cm³/mol. The Labute approximate surface area is 188 Å². The summed E-state index contributed by atoms with van der Waals surface area (Å²) in [4.78, 5) is 0. The molecule has 0 unspecified atom stereocenters. The first-order valence-electron chi connectivity index (χ1n) is 11.1. The van der Waals surface area contributed by atoms with Crippen LogP contribution in [0.25, 0.3) is 0 Å². The third-order valence-corrected chi connectivity index (χ3v) is 6.35. The Morgan fingerprint density at radius 3 is 1.06 bits per heavy atom. The summed E-state index contributed by atoms with van der Waals surface area (Å²) in [7, 11) is -1.68. The van der Waals surface area contributed by atoms with Crippen LogP contribution in [0.2, 0.25) is 0 Å². The molecule has 0 saturated carbocycles. The molecule has 31 heavy (non-hydrogen) atoms. The average Bonchev–Trinajstić information content (AvgIpc) is 2.77. The molecule has 0 bridgehead atoms. The Hall–Kier alpha value is -2.51. The molecule has 0 aromatic heterocycles. The van der Waals surface area contributed by atoms with Crippen LogP contribution >= 0.6 is 8.60 Å². The highest BCUT2D eigenvalue weighted by molar-refractivity contribution is 7.43. The molecule has 0 radical (unpaired) electrons. The van der Waals surface area contributed by atoms with Gasteiger partial charge >= 0.3 is 8.60 Å². The van der Waals surface area contributed by atoms with Crippen molar-refractivity contribution in [2.24, 2.45) is 0 Å². The van der Waals surface area contributed by atoms with E-state index in [2.05, 4.69) is 77.9 Å². The number of hydrogen-bond acceptors (Lipinski definition) is 3. The molecule has 3 nitrogen and oxygen atoms in total. The molecule has 4 heteroatoms. The molecule has 0 saturated heterocycles. The van der Waals surface area contributed by atoms with E-state index in [0.29, 0.717) is 0 Å². The Morgan fingerprint density at radius 1 is 0.516 bits per heavy atom. The first kappa shape index (κ1) is 23.2. The molecular formula is C27H33O3P. The van der Waals surface area contributed by atoms with Gasteiger partial charge in [0, 0.05) is 0 Å². The molecule has 0 fully saturated rings. The van der Waals surface area contributed by atoms with Crippen LogP contribution in [-0.2, 0) is 19.3 Å². The highest BCUT2D eigenvalue weighted by Crippen LogP contribution is 2.45. The van der Waals surface area contributed by atoms with Crippen molar-refractivity contribution >= 4 is 8.60 Å². The Kier molecular flexibility index (Phi) is 7.98. The lowest BCUT2D eigenvalue weighted by Gasteiger charge is -2.22. The summed E-state index contributed by atoms with van der Waals surface area (Å²) in [5.74, 6) is 2.44. The van der Waals surface area contributed by atoms with E-state index in [-0.39, 0.29) is 0 Å². The van der Waals surface area contributed by atoms with Crippen LogP contribution < -0.4 is 13.6 Å². The standard InChI is InChI=1S/C27H33O3P/c1-7-22-16-19(4)10-13-25(22)28-31(29-26-14-11-20(5)17-23(26)8-2)30-27-15-12-21(6)18-24(27)9-3/h10-18H,7-9H2,1-6H3. The van der Waals surface area contributed by atoms with Crippen molar-refractivity contribution in [1.29, 1.82) is 0 Å². The second-order valence-corrected chi connectivity index (χ2v) is 8.89. The SMILES string of the molecule is CCc1cc(C)ccc1OP(Oc1ccc(C)cc1CC)Oc1ccc(C)cc1CC. The van der Waals surface area contributed by atoms with Crippen LogP contribution in [-0.4, -0.2) is 0 Å². The van der Waals surface area contributed by atoms with Crippen molar-refractivity contribution in [3.8, 4) is 17.2 Å². The number of aryl methyl sites for hydroxylation is 6. The van der Waals surface area contributed by atoms with Crippen molar-refractivity contribution < 1.29 is 13.6 Å². The van der Waals surface area contributed by atoms with Gasteiger partial charge in [-0.15, -0.1) is 0 Å². The van der Waals surface area contributed by atoms with Crippen LogP contribution in [0.5, 0.6) is 17.2 Å². The van der Waals surface area contributed by atoms with E-state index in [1.165, 1.54) is 16.7 Å². The van der Waals surface area contributed by atoms with Gasteiger partial charge in [0.1, 0.15) is 17.2 Å². The lowest BCUT2D eigenvalue weighted by atomic mass is 10.1. The van der Waals surface area contributed by atoms with Crippen molar-refractivity contribution in [3.05, 3.63) is 88.0 Å². The smallest absolute Gasteiger partial charge is 0.408 e. The summed E-state index contributed by atoms with van der Waals surface area (Å²) < 4.78 is 19.1. The Bertz CT molecular complexity index is 897. The van der Waals surface area contributed by atoms with Crippen LogP contribution in [0.1, 0.15) is 54.2 Å². The molecule has 0 aliphatic carbocycles. The monoisotopic (exact) mass is 436 g/mol. The molecule has 0 aliphatic rings. The first-order valence-corrected chi connectivity index (χ1v) is 12.2. The van der Waals surface area contributed by atoms with Crippen molar-refractivity contribution in [2.45, 2.75) is 60.8 Å². The second kappa shape index (κ2) is 10.7. The molecule has 0 N–H and O–H groups in total. The van der Waals surface area contributed by atoms with Crippen molar-refractivity contribution in [2.75, 3.05) is 0 Å². The fourth-order valence-electron chi connectivity index (χ4n) is 3.52. The van der Waals surface area contributed by atoms with Gasteiger partial charge in [0.15, 0.2) is 0 Å². The van der Waals surface area contributed by atoms with E-state index in [1.54, 1.807) is 0 Å². The Morgan fingerprint density at radius 2 is 0.806 bits per heavy atom. The van der Waals surface area contributed by atoms with Gasteiger partial charge in [-0.05, 0) is 74.9 Å². The maximum atomic E-state index is 6.38. The zero-order valence-electron chi connectivity index (χ0n) is 19.5. The van der Waals surface area contributed by atoms with E-state index in [0.717, 1.165) is 53.2 Å². The van der Waals surface area contributed by atoms with E-state index >= 15 is 0 Å². The number of hydrogen-bond donors (Lipinski definition) is 0. The summed E-state index contributed by atoms with van der Waals surface area (Å²) in [5, 5.41) is 0. The summed E-state index contributed by atoms with van der Waals surface area (Å²) >= 11 is 0. The van der Waals surface area contributed by atoms with E-state index < -0.39 is 8.60 Å². The van der Waals surface area contributed by atoms with Gasteiger partial charge in [0.2, 0.25) is 0 Å². The normalized spacial score (nSPS) is 10.9. The molecule has 0 heterocycles. The van der Waals surface area contributed by atoms with Crippen LogP contribution in [0.3, 0.4) is 0 Å². The van der Waals surface area contributed by atoms with E-state index in [1.807, 2.05) is 18.2 Å². The van der Waals surface area contributed by atoms with Gasteiger partial charge in [-0.3, -0.25) is 0 Å². The van der Waals surface area contributed by atoms with Gasteiger partial charge in [-0.1, -0.05) is 73.9 Å². The van der Waals surface area contributed by atoms with E-state index in [4.69, 9.17) is 13.6 Å². The topological polar surface area (TPSA) is 27.7 Å². The summed E-state index contributed by atoms with van der Waals surface area (Å²) in [6.45, 7) is 12.7. The van der Waals surface area contributed by atoms with Gasteiger partial charge in [-0.25, -0.2) is 0 Å². The molecule has 3 rings (SSSR count). The third kappa shape index (κ3) is 6.02. The second-order valence-electron chi connectivity index (χ2n) is 7.89. The number of benzene rings is 3. The molecule has 3 aromatic carbocycles. The van der Waals surface area contributed by atoms with E-state index in [9.17, 15) is 0 Å². The molecule has 0 atom stereocenters. The maximum Gasteiger partial charge on any atom is 0.530 e. The summed E-state index contributed by atoms with van der Waals surface area (Å²) in [6.07, 6.45) is 2.65. The average molecular weight is 437 g/mol. The van der Waals surface area contributed by atoms with Crippen LogP contribution in [0.4, 0.5) is 0 Å². The van der Waals surface area contributed by atoms with Gasteiger partial charge < -0.3 is 13.6 Å². The minimum Gasteiger partial charge on any atom is -0.408 e. The van der Waals surface area contributed by atoms with Gasteiger partial charge in [-0.2, -0.15) is 0 Å². The third-order valence-electron chi connectivity index (χ3n) is 5.31. The van der Waals surface area contributed by atoms with Crippen molar-refractivity contribution in [1.82, 2.24) is 0 Å². The van der Waals surface area contributed by atoms with Crippen LogP contribution in [0, 0.1) is 20.8 Å². The lowest BCUT2D eigenvalue weighted by molar-refractivity contribution is 0.383. The molecule has 0 spiro atoms. The quantitative estimate of drug-likeness (QED) is 0.318. The first-order chi connectivity index (χ1) is 14.9. The molecular weight excluding hydrogens is 403 g/mol. The largest absolute Gasteiger partial charge is 0.530 e. The zero-order valence-corrected chi connectivity index (χ0v) is 20.4. The minimum atomic E-state index is -1.68. The fraction of sp³-hybridized carbons (Fsp3) is 0.333. The molecule has 3 aromatic rings. The van der Waals surface area contributed by atoms with Gasteiger partial charge in [0.05, 0.1) is 0 Å². The highest BCUT2D eigenvalue weighted by atomic mass is 31.2. The lowest BCUT2D eigenvalue weighted by Crippen LogP contribution is -2.06. The molecule has 0 amide bonds. The van der Waals surface area contributed by atoms with Gasteiger partial charge in [0.25, 0.3) is 0 Å². The fourth-order valence-corrected chi connectivity index (χ4v) is 4.65. The van der Waals surface area contributed by atoms with Crippen LogP contribution in [0.15, 0.2) is 54.6 Å². The zero-order chi connectivity index (χ0) is 22.4. The maximum absolute atomic E-state index is 6.38. The molecule has 164 valence electrons. The predicted octanol–water partition coefficient (Wildman–Crippen LogP) is 8.06. The highest BCUT2D eigenvalue weighted by Gasteiger charge is 2.23. The molecule has 0 aliphatic heterocycles. The van der Waals surface area contributed by atoms with Crippen molar-refractivity contribution in [3.63, 3.8) is 0 Å². The Balaban J connectivity index is 1.96. The number of rotatable bonds is 9. The summed E-state index contributed by atoms with van der Waals surface area (Å²) in [5.41, 5.74) is 7.11. The minimum absolute atomic E-state index is 0.814. The summed E-state index contributed by atoms with van der Waals surface area (Å²) in [6, 6.07) is 18.7.